The van der Waals surface area contributed by atoms with E-state index in [9.17, 15) is 14.7 Å². The first-order chi connectivity index (χ1) is 9.62. The number of allylic oxidation sites excluding steroid dienone is 1. The summed E-state index contributed by atoms with van der Waals surface area (Å²) < 4.78 is 5.59. The van der Waals surface area contributed by atoms with Crippen molar-refractivity contribution in [2.24, 2.45) is 17.8 Å². The van der Waals surface area contributed by atoms with E-state index < -0.39 is 17.8 Å². The molecule has 0 aromatic rings. The van der Waals surface area contributed by atoms with Crippen LogP contribution in [0.3, 0.4) is 0 Å². The van der Waals surface area contributed by atoms with Crippen molar-refractivity contribution in [1.82, 2.24) is 0 Å². The number of ether oxygens (including phenoxy) is 1. The van der Waals surface area contributed by atoms with Crippen molar-refractivity contribution in [3.63, 3.8) is 0 Å². The highest BCUT2D eigenvalue weighted by Crippen LogP contribution is 2.62. The Hall–Kier alpha value is -0.620. The first-order valence-corrected chi connectivity index (χ1v) is 9.01. The van der Waals surface area contributed by atoms with E-state index in [0.717, 1.165) is 24.3 Å². The molecule has 2 aliphatic carbocycles. The van der Waals surface area contributed by atoms with E-state index in [0.29, 0.717) is 6.42 Å². The van der Waals surface area contributed by atoms with Gasteiger partial charge in [-0.15, -0.1) is 23.5 Å². The van der Waals surface area contributed by atoms with Gasteiger partial charge < -0.3 is 9.84 Å². The van der Waals surface area contributed by atoms with Crippen molar-refractivity contribution in [2.45, 2.75) is 29.4 Å². The van der Waals surface area contributed by atoms with Gasteiger partial charge in [-0.25, -0.2) is 0 Å². The van der Waals surface area contributed by atoms with Gasteiger partial charge in [-0.05, 0) is 24.8 Å². The molecule has 4 rings (SSSR count). The lowest BCUT2D eigenvalue weighted by Crippen LogP contribution is -2.44. The molecule has 1 N–H and O–H groups in total. The van der Waals surface area contributed by atoms with E-state index in [1.807, 2.05) is 23.5 Å². The van der Waals surface area contributed by atoms with Gasteiger partial charge in [0.2, 0.25) is 0 Å². The molecule has 4 atom stereocenters. The van der Waals surface area contributed by atoms with Gasteiger partial charge in [0.1, 0.15) is 6.10 Å². The topological polar surface area (TPSA) is 63.6 Å². The highest BCUT2D eigenvalue weighted by molar-refractivity contribution is 8.21. The van der Waals surface area contributed by atoms with Gasteiger partial charge in [0.05, 0.1) is 15.9 Å². The summed E-state index contributed by atoms with van der Waals surface area (Å²) in [6.07, 6.45) is 4.40. The molecule has 0 amide bonds. The van der Waals surface area contributed by atoms with Gasteiger partial charge in [0, 0.05) is 17.4 Å². The summed E-state index contributed by atoms with van der Waals surface area (Å²) in [6.45, 7) is 0. The molecule has 0 radical (unpaired) electrons. The number of hydrogen-bond donors (Lipinski definition) is 1. The molecule has 2 heterocycles. The van der Waals surface area contributed by atoms with E-state index in [2.05, 4.69) is 6.08 Å². The largest absolute Gasteiger partial charge is 0.481 e. The number of thioether (sulfide) groups is 2. The monoisotopic (exact) mass is 312 g/mol. The van der Waals surface area contributed by atoms with Crippen molar-refractivity contribution in [3.8, 4) is 0 Å². The van der Waals surface area contributed by atoms with Crippen molar-refractivity contribution in [2.75, 3.05) is 11.5 Å². The molecule has 1 saturated carbocycles. The SMILES string of the molecule is O=C1O[C@@H]2CCC3(SCCS3)C3=CC[C@H](C(=O)O)[C@H]1[C@@H]32. The lowest BCUT2D eigenvalue weighted by Gasteiger charge is -2.44. The van der Waals surface area contributed by atoms with Gasteiger partial charge >= 0.3 is 11.9 Å². The van der Waals surface area contributed by atoms with Crippen LogP contribution in [0, 0.1) is 17.8 Å². The minimum absolute atomic E-state index is 0.00389. The smallest absolute Gasteiger partial charge is 0.310 e. The van der Waals surface area contributed by atoms with Crippen molar-refractivity contribution in [1.29, 1.82) is 0 Å². The van der Waals surface area contributed by atoms with Gasteiger partial charge in [0.25, 0.3) is 0 Å². The van der Waals surface area contributed by atoms with Crippen molar-refractivity contribution < 1.29 is 19.4 Å². The zero-order chi connectivity index (χ0) is 13.9. The van der Waals surface area contributed by atoms with Crippen LogP contribution in [0.4, 0.5) is 0 Å². The molecule has 0 unspecified atom stereocenters. The van der Waals surface area contributed by atoms with Crippen LogP contribution in [0.2, 0.25) is 0 Å². The standard InChI is InChI=1S/C14H16O4S2/c15-12(16)7-1-2-8-11-9(18-13(17)10(7)11)3-4-14(8)19-5-6-20-14/h2,7,9-11H,1,3-6H2,(H,15,16)/t7-,9+,10-,11-/m0/s1. The molecule has 2 aliphatic heterocycles. The van der Waals surface area contributed by atoms with Gasteiger partial charge in [-0.1, -0.05) is 6.08 Å². The predicted octanol–water partition coefficient (Wildman–Crippen LogP) is 2.15. The van der Waals surface area contributed by atoms with Crippen LogP contribution in [0.25, 0.3) is 0 Å². The fourth-order valence-corrected chi connectivity index (χ4v) is 7.62. The van der Waals surface area contributed by atoms with E-state index in [4.69, 9.17) is 4.74 Å². The number of carbonyl (C=O) groups excluding carboxylic acids is 1. The van der Waals surface area contributed by atoms with E-state index in [1.165, 1.54) is 5.57 Å². The molecule has 3 fully saturated rings. The number of esters is 1. The summed E-state index contributed by atoms with van der Waals surface area (Å²) in [6, 6.07) is 0. The lowest BCUT2D eigenvalue weighted by atomic mass is 9.66. The summed E-state index contributed by atoms with van der Waals surface area (Å²) in [7, 11) is 0. The number of hydrogen-bond acceptors (Lipinski definition) is 5. The van der Waals surface area contributed by atoms with Gasteiger partial charge in [0.15, 0.2) is 0 Å². The lowest BCUT2D eigenvalue weighted by molar-refractivity contribution is -0.152. The Bertz CT molecular complexity index is 509. The molecule has 6 heteroatoms. The number of fused-ring (bicyclic) bond motifs is 1. The molecular formula is C14H16O4S2. The molecule has 4 aliphatic rings. The summed E-state index contributed by atoms with van der Waals surface area (Å²) in [4.78, 5) is 23.6. The Morgan fingerprint density at radius 2 is 2.10 bits per heavy atom. The molecule has 0 aromatic heterocycles. The summed E-state index contributed by atoms with van der Waals surface area (Å²) in [5, 5.41) is 9.38. The summed E-state index contributed by atoms with van der Waals surface area (Å²) in [5.41, 5.74) is 1.30. The molecule has 0 bridgehead atoms. The molecule has 108 valence electrons. The highest BCUT2D eigenvalue weighted by atomic mass is 32.2. The maximum absolute atomic E-state index is 12.1. The number of rotatable bonds is 1. The van der Waals surface area contributed by atoms with Crippen LogP contribution in [0.1, 0.15) is 19.3 Å². The third-order valence-electron chi connectivity index (χ3n) is 4.98. The van der Waals surface area contributed by atoms with Gasteiger partial charge in [-0.2, -0.15) is 0 Å². The highest BCUT2D eigenvalue weighted by Gasteiger charge is 2.60. The second-order valence-corrected chi connectivity index (χ2v) is 8.90. The summed E-state index contributed by atoms with van der Waals surface area (Å²) >= 11 is 3.95. The Labute approximate surface area is 125 Å². The Balaban J connectivity index is 1.78. The van der Waals surface area contributed by atoms with E-state index in [1.54, 1.807) is 0 Å². The third-order valence-corrected chi connectivity index (χ3v) is 8.57. The molecule has 20 heavy (non-hydrogen) atoms. The number of carboxylic acids is 1. The van der Waals surface area contributed by atoms with Crippen LogP contribution in [0.5, 0.6) is 0 Å². The molecular weight excluding hydrogens is 296 g/mol. The van der Waals surface area contributed by atoms with E-state index >= 15 is 0 Å². The van der Waals surface area contributed by atoms with Crippen LogP contribution in [-0.4, -0.2) is 38.7 Å². The number of carbonyl (C=O) groups is 2. The van der Waals surface area contributed by atoms with E-state index in [-0.39, 0.29) is 22.1 Å². The second-order valence-electron chi connectivity index (χ2n) is 5.86. The van der Waals surface area contributed by atoms with Gasteiger partial charge in [-0.3, -0.25) is 9.59 Å². The average Bonchev–Trinajstić information content (AvgIpc) is 3.02. The maximum Gasteiger partial charge on any atom is 0.310 e. The normalized spacial score (nSPS) is 41.2. The molecule has 1 spiro atoms. The predicted molar refractivity (Wildman–Crippen MR) is 77.6 cm³/mol. The quantitative estimate of drug-likeness (QED) is 0.591. The Morgan fingerprint density at radius 1 is 1.35 bits per heavy atom. The molecule has 0 aromatic carbocycles. The van der Waals surface area contributed by atoms with Crippen LogP contribution in [-0.2, 0) is 14.3 Å². The van der Waals surface area contributed by atoms with Crippen molar-refractivity contribution >= 4 is 35.5 Å². The fraction of sp³-hybridized carbons (Fsp3) is 0.714. The maximum atomic E-state index is 12.1. The number of aliphatic carboxylic acids is 1. The minimum atomic E-state index is -0.866. The average molecular weight is 312 g/mol. The molecule has 2 saturated heterocycles. The van der Waals surface area contributed by atoms with Crippen LogP contribution >= 0.6 is 23.5 Å². The summed E-state index contributed by atoms with van der Waals surface area (Å²) in [5.74, 6) is 0.0633. The van der Waals surface area contributed by atoms with Crippen LogP contribution in [0.15, 0.2) is 11.6 Å². The zero-order valence-electron chi connectivity index (χ0n) is 10.9. The van der Waals surface area contributed by atoms with Crippen molar-refractivity contribution in [3.05, 3.63) is 11.6 Å². The first kappa shape index (κ1) is 13.1. The first-order valence-electron chi connectivity index (χ1n) is 7.04. The Morgan fingerprint density at radius 3 is 2.80 bits per heavy atom. The fourth-order valence-electron chi connectivity index (χ4n) is 4.17. The third kappa shape index (κ3) is 1.64. The Kier molecular flexibility index (Phi) is 2.90. The zero-order valence-corrected chi connectivity index (χ0v) is 12.5. The minimum Gasteiger partial charge on any atom is -0.481 e. The second kappa shape index (κ2) is 4.44. The van der Waals surface area contributed by atoms with Crippen LogP contribution < -0.4 is 0 Å². The molecule has 4 nitrogen and oxygen atoms in total. The number of carboxylic acid groups (broad SMARTS) is 1.